The summed E-state index contributed by atoms with van der Waals surface area (Å²) in [5.41, 5.74) is 3.11. The number of hydrazone groups is 1. The molecule has 5 nitrogen and oxygen atoms in total. The lowest BCUT2D eigenvalue weighted by atomic mass is 10.1. The molecular formula is C13H18N2O3. The number of phenols is 1. The SMILES string of the molecule is COc1ccc(/C=N\NC(=O)CC(C)C)cc1O. The number of nitrogens with one attached hydrogen (secondary N) is 1. The maximum Gasteiger partial charge on any atom is 0.240 e. The summed E-state index contributed by atoms with van der Waals surface area (Å²) in [6.07, 6.45) is 1.91. The second kappa shape index (κ2) is 6.64. The molecule has 5 heteroatoms. The fourth-order valence-corrected chi connectivity index (χ4v) is 1.38. The number of nitrogens with zero attached hydrogens (tertiary/aromatic N) is 1. The molecule has 1 aromatic carbocycles. The zero-order valence-electron chi connectivity index (χ0n) is 10.8. The van der Waals surface area contributed by atoms with Gasteiger partial charge in [-0.25, -0.2) is 5.43 Å². The molecule has 0 bridgehead atoms. The van der Waals surface area contributed by atoms with Gasteiger partial charge in [-0.3, -0.25) is 4.79 Å². The van der Waals surface area contributed by atoms with Gasteiger partial charge in [-0.15, -0.1) is 0 Å². The van der Waals surface area contributed by atoms with E-state index in [4.69, 9.17) is 4.74 Å². The van der Waals surface area contributed by atoms with Crippen LogP contribution >= 0.6 is 0 Å². The Bertz CT molecular complexity index is 442. The molecule has 0 saturated carbocycles. The number of hydrogen-bond donors (Lipinski definition) is 2. The molecule has 0 fully saturated rings. The number of hydrogen-bond acceptors (Lipinski definition) is 4. The van der Waals surface area contributed by atoms with E-state index in [2.05, 4.69) is 10.5 Å². The maximum absolute atomic E-state index is 11.3. The lowest BCUT2D eigenvalue weighted by molar-refractivity contribution is -0.121. The Labute approximate surface area is 106 Å². The van der Waals surface area contributed by atoms with E-state index in [9.17, 15) is 9.90 Å². The van der Waals surface area contributed by atoms with Crippen LogP contribution in [0.3, 0.4) is 0 Å². The third kappa shape index (κ3) is 4.45. The number of rotatable bonds is 5. The second-order valence-electron chi connectivity index (χ2n) is 4.32. The fourth-order valence-electron chi connectivity index (χ4n) is 1.38. The summed E-state index contributed by atoms with van der Waals surface area (Å²) < 4.78 is 4.92. The Hall–Kier alpha value is -2.04. The van der Waals surface area contributed by atoms with Gasteiger partial charge < -0.3 is 9.84 Å². The number of methoxy groups -OCH3 is 1. The quantitative estimate of drug-likeness (QED) is 0.619. The summed E-state index contributed by atoms with van der Waals surface area (Å²) in [7, 11) is 1.48. The van der Waals surface area contributed by atoms with Gasteiger partial charge in [0.1, 0.15) is 0 Å². The van der Waals surface area contributed by atoms with Crippen molar-refractivity contribution in [1.82, 2.24) is 5.43 Å². The molecule has 0 aliphatic rings. The normalized spacial score (nSPS) is 10.9. The molecule has 0 aliphatic carbocycles. The van der Waals surface area contributed by atoms with E-state index >= 15 is 0 Å². The van der Waals surface area contributed by atoms with Crippen LogP contribution < -0.4 is 10.2 Å². The van der Waals surface area contributed by atoms with Crippen molar-refractivity contribution in [3.63, 3.8) is 0 Å². The van der Waals surface area contributed by atoms with E-state index in [-0.39, 0.29) is 11.7 Å². The highest BCUT2D eigenvalue weighted by Crippen LogP contribution is 2.25. The first-order valence-corrected chi connectivity index (χ1v) is 5.72. The minimum absolute atomic E-state index is 0.0370. The van der Waals surface area contributed by atoms with Crippen LogP contribution in [0, 0.1) is 5.92 Å². The van der Waals surface area contributed by atoms with E-state index in [0.29, 0.717) is 23.7 Å². The zero-order chi connectivity index (χ0) is 13.5. The Morgan fingerprint density at radius 3 is 2.83 bits per heavy atom. The Kier molecular flexibility index (Phi) is 5.17. The van der Waals surface area contributed by atoms with Gasteiger partial charge in [-0.2, -0.15) is 5.10 Å². The smallest absolute Gasteiger partial charge is 0.240 e. The van der Waals surface area contributed by atoms with Crippen LogP contribution in [0.5, 0.6) is 11.5 Å². The first kappa shape index (κ1) is 14.0. The second-order valence-corrected chi connectivity index (χ2v) is 4.32. The average molecular weight is 250 g/mol. The molecule has 0 atom stereocenters. The van der Waals surface area contributed by atoms with Crippen molar-refractivity contribution in [1.29, 1.82) is 0 Å². The van der Waals surface area contributed by atoms with Gasteiger partial charge in [0.2, 0.25) is 5.91 Å². The minimum atomic E-state index is -0.126. The monoisotopic (exact) mass is 250 g/mol. The predicted octanol–water partition coefficient (Wildman–Crippen LogP) is 1.90. The van der Waals surface area contributed by atoms with Crippen LogP contribution in [-0.2, 0) is 4.79 Å². The molecule has 98 valence electrons. The van der Waals surface area contributed by atoms with Crippen molar-refractivity contribution in [3.05, 3.63) is 23.8 Å². The van der Waals surface area contributed by atoms with Gasteiger partial charge in [0.15, 0.2) is 11.5 Å². The number of carbonyl (C=O) groups excluding carboxylic acids is 1. The standard InChI is InChI=1S/C13H18N2O3/c1-9(2)6-13(17)15-14-8-10-4-5-12(18-3)11(16)7-10/h4-5,7-9,16H,6H2,1-3H3,(H,15,17)/b14-8-. The molecule has 0 spiro atoms. The van der Waals surface area contributed by atoms with Crippen molar-refractivity contribution in [2.24, 2.45) is 11.0 Å². The average Bonchev–Trinajstić information content (AvgIpc) is 2.28. The summed E-state index contributed by atoms with van der Waals surface area (Å²) in [5, 5.41) is 13.4. The highest BCUT2D eigenvalue weighted by molar-refractivity contribution is 5.83. The van der Waals surface area contributed by atoms with Crippen LogP contribution in [0.4, 0.5) is 0 Å². The van der Waals surface area contributed by atoms with Gasteiger partial charge >= 0.3 is 0 Å². The van der Waals surface area contributed by atoms with Crippen molar-refractivity contribution >= 4 is 12.1 Å². The number of benzene rings is 1. The lowest BCUT2D eigenvalue weighted by Crippen LogP contribution is -2.19. The third-order valence-corrected chi connectivity index (χ3v) is 2.20. The molecule has 0 unspecified atom stereocenters. The zero-order valence-corrected chi connectivity index (χ0v) is 10.8. The molecule has 0 aliphatic heterocycles. The van der Waals surface area contributed by atoms with Crippen LogP contribution in [0.1, 0.15) is 25.8 Å². The minimum Gasteiger partial charge on any atom is -0.504 e. The van der Waals surface area contributed by atoms with Gasteiger partial charge in [0.25, 0.3) is 0 Å². The first-order valence-electron chi connectivity index (χ1n) is 5.72. The van der Waals surface area contributed by atoms with Gasteiger partial charge in [-0.05, 0) is 29.7 Å². The van der Waals surface area contributed by atoms with Crippen LogP contribution in [0.2, 0.25) is 0 Å². The molecular weight excluding hydrogens is 232 g/mol. The fraction of sp³-hybridized carbons (Fsp3) is 0.385. The van der Waals surface area contributed by atoms with Gasteiger partial charge in [0.05, 0.1) is 13.3 Å². The van der Waals surface area contributed by atoms with Crippen molar-refractivity contribution in [3.8, 4) is 11.5 Å². The molecule has 0 aromatic heterocycles. The van der Waals surface area contributed by atoms with Crippen LogP contribution in [-0.4, -0.2) is 24.3 Å². The topological polar surface area (TPSA) is 70.9 Å². The number of phenolic OH excluding ortho intramolecular Hbond substituents is 1. The van der Waals surface area contributed by atoms with E-state index in [0.717, 1.165) is 0 Å². The lowest BCUT2D eigenvalue weighted by Gasteiger charge is -2.04. The number of carbonyl (C=O) groups is 1. The Balaban J connectivity index is 2.57. The van der Waals surface area contributed by atoms with E-state index < -0.39 is 0 Å². The summed E-state index contributed by atoms with van der Waals surface area (Å²) >= 11 is 0. The first-order chi connectivity index (χ1) is 8.52. The molecule has 1 aromatic rings. The highest BCUT2D eigenvalue weighted by Gasteiger charge is 2.03. The molecule has 2 N–H and O–H groups in total. The molecule has 1 amide bonds. The summed E-state index contributed by atoms with van der Waals surface area (Å²) in [6.45, 7) is 3.93. The van der Waals surface area contributed by atoms with Crippen molar-refractivity contribution < 1.29 is 14.6 Å². The van der Waals surface area contributed by atoms with E-state index in [1.165, 1.54) is 19.4 Å². The maximum atomic E-state index is 11.3. The summed E-state index contributed by atoms with van der Waals surface area (Å²) in [5.74, 6) is 0.607. The van der Waals surface area contributed by atoms with Crippen LogP contribution in [0.25, 0.3) is 0 Å². The van der Waals surface area contributed by atoms with Gasteiger partial charge in [-0.1, -0.05) is 13.8 Å². The number of amides is 1. The Morgan fingerprint density at radius 1 is 1.56 bits per heavy atom. The van der Waals surface area contributed by atoms with E-state index in [1.54, 1.807) is 12.1 Å². The molecule has 0 heterocycles. The number of aromatic hydroxyl groups is 1. The van der Waals surface area contributed by atoms with Crippen molar-refractivity contribution in [2.75, 3.05) is 7.11 Å². The predicted molar refractivity (Wildman–Crippen MR) is 69.9 cm³/mol. The Morgan fingerprint density at radius 2 is 2.28 bits per heavy atom. The van der Waals surface area contributed by atoms with Gasteiger partial charge in [0, 0.05) is 6.42 Å². The largest absolute Gasteiger partial charge is 0.504 e. The molecule has 0 radical (unpaired) electrons. The molecule has 18 heavy (non-hydrogen) atoms. The van der Waals surface area contributed by atoms with Crippen LogP contribution in [0.15, 0.2) is 23.3 Å². The molecule has 1 rings (SSSR count). The third-order valence-electron chi connectivity index (χ3n) is 2.20. The van der Waals surface area contributed by atoms with Crippen molar-refractivity contribution in [2.45, 2.75) is 20.3 Å². The van der Waals surface area contributed by atoms with E-state index in [1.807, 2.05) is 13.8 Å². The summed E-state index contributed by atoms with van der Waals surface area (Å²) in [6, 6.07) is 4.88. The molecule has 0 saturated heterocycles. The summed E-state index contributed by atoms with van der Waals surface area (Å²) in [4.78, 5) is 11.3. The highest BCUT2D eigenvalue weighted by atomic mass is 16.5. The number of ether oxygens (including phenoxy) is 1.